The molecule has 160 valence electrons. The first kappa shape index (κ1) is 19.7. The van der Waals surface area contributed by atoms with Crippen molar-refractivity contribution < 1.29 is 14.4 Å². The summed E-state index contributed by atoms with van der Waals surface area (Å²) >= 11 is 0. The molecule has 4 aliphatic heterocycles. The predicted octanol–water partition coefficient (Wildman–Crippen LogP) is 1.56. The second-order valence-electron chi connectivity index (χ2n) is 9.37. The third kappa shape index (κ3) is 3.65. The third-order valence-electron chi connectivity index (χ3n) is 7.24. The average Bonchev–Trinajstić information content (AvgIpc) is 3.05. The van der Waals surface area contributed by atoms with Gasteiger partial charge in [-0.15, -0.1) is 0 Å². The molecule has 3 fully saturated rings. The van der Waals surface area contributed by atoms with Crippen LogP contribution in [0, 0.1) is 0 Å². The van der Waals surface area contributed by atoms with Crippen LogP contribution in [-0.4, -0.2) is 58.7 Å². The summed E-state index contributed by atoms with van der Waals surface area (Å²) < 4.78 is 0. The van der Waals surface area contributed by atoms with Crippen LogP contribution in [-0.2, 0) is 22.7 Å². The van der Waals surface area contributed by atoms with E-state index in [9.17, 15) is 14.4 Å². The van der Waals surface area contributed by atoms with Crippen molar-refractivity contribution in [3.8, 4) is 0 Å². The first-order chi connectivity index (χ1) is 14.5. The number of hydrogen-bond donors (Lipinski definition) is 2. The predicted molar refractivity (Wildman–Crippen MR) is 112 cm³/mol. The number of benzene rings is 1. The molecule has 0 radical (unpaired) electrons. The molecular weight excluding hydrogens is 380 g/mol. The van der Waals surface area contributed by atoms with Crippen LogP contribution in [0.25, 0.3) is 0 Å². The Morgan fingerprint density at radius 3 is 2.77 bits per heavy atom. The summed E-state index contributed by atoms with van der Waals surface area (Å²) in [5, 5.41) is 6.15. The number of rotatable bonds is 3. The van der Waals surface area contributed by atoms with Crippen LogP contribution in [0.2, 0.25) is 0 Å². The van der Waals surface area contributed by atoms with E-state index >= 15 is 0 Å². The minimum atomic E-state index is -0.551. The molecule has 30 heavy (non-hydrogen) atoms. The zero-order valence-electron chi connectivity index (χ0n) is 17.4. The van der Waals surface area contributed by atoms with Gasteiger partial charge in [-0.3, -0.25) is 24.6 Å². The number of imide groups is 1. The van der Waals surface area contributed by atoms with Crippen LogP contribution in [0.5, 0.6) is 0 Å². The van der Waals surface area contributed by atoms with Crippen molar-refractivity contribution in [2.45, 2.75) is 69.6 Å². The lowest BCUT2D eigenvalue weighted by Gasteiger charge is -2.46. The number of carbonyl (C=O) groups is 3. The van der Waals surface area contributed by atoms with E-state index < -0.39 is 6.04 Å². The Morgan fingerprint density at radius 1 is 1.10 bits per heavy atom. The maximum Gasteiger partial charge on any atom is 0.255 e. The highest BCUT2D eigenvalue weighted by Gasteiger charge is 2.39. The van der Waals surface area contributed by atoms with E-state index in [0.717, 1.165) is 37.3 Å². The lowest BCUT2D eigenvalue weighted by atomic mass is 9.81. The summed E-state index contributed by atoms with van der Waals surface area (Å²) in [6, 6.07) is 5.62. The van der Waals surface area contributed by atoms with Crippen molar-refractivity contribution in [2.24, 2.45) is 0 Å². The topological polar surface area (TPSA) is 81.8 Å². The van der Waals surface area contributed by atoms with Crippen molar-refractivity contribution in [3.05, 3.63) is 34.9 Å². The van der Waals surface area contributed by atoms with Crippen LogP contribution in [0.4, 0.5) is 0 Å². The smallest absolute Gasteiger partial charge is 0.255 e. The number of likely N-dealkylation sites (tertiary alicyclic amines) is 1. The van der Waals surface area contributed by atoms with Gasteiger partial charge >= 0.3 is 0 Å². The number of nitrogens with zero attached hydrogens (tertiary/aromatic N) is 2. The maximum atomic E-state index is 13.0. The quantitative estimate of drug-likeness (QED) is 0.739. The van der Waals surface area contributed by atoms with E-state index in [1.165, 1.54) is 32.1 Å². The number of fused-ring (bicyclic) bond motifs is 1. The Labute approximate surface area is 177 Å². The Bertz CT molecular complexity index is 872. The molecule has 2 unspecified atom stereocenters. The molecule has 5 rings (SSSR count). The van der Waals surface area contributed by atoms with Gasteiger partial charge in [0.25, 0.3) is 5.91 Å². The van der Waals surface area contributed by atoms with Crippen molar-refractivity contribution in [3.63, 3.8) is 0 Å². The van der Waals surface area contributed by atoms with Crippen molar-refractivity contribution in [2.75, 3.05) is 19.6 Å². The second kappa shape index (κ2) is 7.78. The molecule has 0 saturated carbocycles. The van der Waals surface area contributed by atoms with Crippen LogP contribution in [0.1, 0.15) is 66.4 Å². The van der Waals surface area contributed by atoms with Gasteiger partial charge in [-0.1, -0.05) is 18.6 Å². The van der Waals surface area contributed by atoms with Gasteiger partial charge in [-0.25, -0.2) is 0 Å². The monoisotopic (exact) mass is 410 g/mol. The van der Waals surface area contributed by atoms with Gasteiger partial charge in [-0.05, 0) is 62.4 Å². The van der Waals surface area contributed by atoms with Crippen LogP contribution >= 0.6 is 0 Å². The zero-order valence-corrected chi connectivity index (χ0v) is 17.4. The fourth-order valence-electron chi connectivity index (χ4n) is 5.70. The lowest BCUT2D eigenvalue weighted by Crippen LogP contribution is -2.58. The molecular formula is C23H30N4O3. The van der Waals surface area contributed by atoms with E-state index in [1.54, 1.807) is 4.90 Å². The third-order valence-corrected chi connectivity index (χ3v) is 7.24. The van der Waals surface area contributed by atoms with Gasteiger partial charge in [0.05, 0.1) is 0 Å². The van der Waals surface area contributed by atoms with E-state index in [4.69, 9.17) is 0 Å². The average molecular weight is 411 g/mol. The van der Waals surface area contributed by atoms with Gasteiger partial charge in [0.2, 0.25) is 11.8 Å². The van der Waals surface area contributed by atoms with Crippen molar-refractivity contribution in [1.29, 1.82) is 0 Å². The summed E-state index contributed by atoms with van der Waals surface area (Å²) in [4.78, 5) is 40.8. The lowest BCUT2D eigenvalue weighted by molar-refractivity contribution is -0.136. The van der Waals surface area contributed by atoms with Gasteiger partial charge in [0.1, 0.15) is 6.04 Å². The highest BCUT2D eigenvalue weighted by molar-refractivity contribution is 6.05. The number of piperidine rings is 3. The first-order valence-electron chi connectivity index (χ1n) is 11.3. The summed E-state index contributed by atoms with van der Waals surface area (Å²) in [6.07, 6.45) is 7.00. The van der Waals surface area contributed by atoms with E-state index in [1.807, 2.05) is 12.1 Å². The molecule has 7 nitrogen and oxygen atoms in total. The fraction of sp³-hybridized carbons (Fsp3) is 0.609. The normalized spacial score (nSPS) is 29.9. The molecule has 3 saturated heterocycles. The summed E-state index contributed by atoms with van der Waals surface area (Å²) in [5.74, 6) is -0.703. The highest BCUT2D eigenvalue weighted by atomic mass is 16.2. The molecule has 4 heterocycles. The molecule has 2 N–H and O–H groups in total. The first-order valence-corrected chi connectivity index (χ1v) is 11.3. The molecule has 0 aliphatic carbocycles. The number of nitrogens with one attached hydrogen (secondary N) is 2. The summed E-state index contributed by atoms with van der Waals surface area (Å²) in [7, 11) is 0. The van der Waals surface area contributed by atoms with Crippen LogP contribution in [0.15, 0.2) is 18.2 Å². The van der Waals surface area contributed by atoms with E-state index in [2.05, 4.69) is 21.6 Å². The maximum absolute atomic E-state index is 13.0. The van der Waals surface area contributed by atoms with Gasteiger partial charge < -0.3 is 10.2 Å². The van der Waals surface area contributed by atoms with Gasteiger partial charge in [-0.2, -0.15) is 0 Å². The standard InChI is InChI=1S/C23H30N4O3/c28-20-7-6-19(21(29)25-20)27-14-17-5-4-16(12-18(17)22(27)30)13-26-11-3-9-23(15-26)8-1-2-10-24-23/h4-5,12,19,24H,1-3,6-11,13-15H2,(H,25,28,29). The van der Waals surface area contributed by atoms with E-state index in [0.29, 0.717) is 18.5 Å². The minimum Gasteiger partial charge on any atom is -0.322 e. The second-order valence-corrected chi connectivity index (χ2v) is 9.37. The molecule has 7 heteroatoms. The number of hydrogen-bond acceptors (Lipinski definition) is 5. The highest BCUT2D eigenvalue weighted by Crippen LogP contribution is 2.31. The molecule has 3 amide bonds. The van der Waals surface area contributed by atoms with Crippen molar-refractivity contribution >= 4 is 17.7 Å². The van der Waals surface area contributed by atoms with Crippen LogP contribution in [0.3, 0.4) is 0 Å². The zero-order chi connectivity index (χ0) is 20.7. The van der Waals surface area contributed by atoms with Crippen LogP contribution < -0.4 is 10.6 Å². The summed E-state index contributed by atoms with van der Waals surface area (Å²) in [5.41, 5.74) is 3.10. The van der Waals surface area contributed by atoms with E-state index in [-0.39, 0.29) is 29.7 Å². The molecule has 1 aromatic rings. The van der Waals surface area contributed by atoms with Crippen molar-refractivity contribution in [1.82, 2.24) is 20.4 Å². The Kier molecular flexibility index (Phi) is 5.11. The Hall–Kier alpha value is -2.25. The van der Waals surface area contributed by atoms with Gasteiger partial charge in [0.15, 0.2) is 0 Å². The Balaban J connectivity index is 1.28. The largest absolute Gasteiger partial charge is 0.322 e. The summed E-state index contributed by atoms with van der Waals surface area (Å²) in [6.45, 7) is 4.58. The molecule has 2 atom stereocenters. The SMILES string of the molecule is O=C1CCC(N2Cc3ccc(CN4CCCC5(CCCCN5)C4)cc3C2=O)C(=O)N1. The molecule has 1 aromatic carbocycles. The Morgan fingerprint density at radius 2 is 1.97 bits per heavy atom. The molecule has 4 aliphatic rings. The number of carbonyl (C=O) groups excluding carboxylic acids is 3. The minimum absolute atomic E-state index is 0.0922. The molecule has 0 aromatic heterocycles. The fourth-order valence-corrected chi connectivity index (χ4v) is 5.70. The van der Waals surface area contributed by atoms with Gasteiger partial charge in [0, 0.05) is 37.2 Å². The molecule has 0 bridgehead atoms. The number of amides is 3. The molecule has 1 spiro atoms.